The predicted molar refractivity (Wildman–Crippen MR) is 86.6 cm³/mol. The summed E-state index contributed by atoms with van der Waals surface area (Å²) >= 11 is 1.16. The minimum absolute atomic E-state index is 0.202. The van der Waals surface area contributed by atoms with Gasteiger partial charge >= 0.3 is 0 Å². The molecule has 100 valence electrons. The number of nitrogen functional groups attached to an aromatic ring is 1. The number of benzene rings is 2. The summed E-state index contributed by atoms with van der Waals surface area (Å²) in [5.41, 5.74) is 6.82. The zero-order valence-corrected chi connectivity index (χ0v) is 11.6. The Morgan fingerprint density at radius 2 is 1.95 bits per heavy atom. The van der Waals surface area contributed by atoms with Crippen LogP contribution in [0.3, 0.4) is 0 Å². The van der Waals surface area contributed by atoms with Crippen molar-refractivity contribution in [3.63, 3.8) is 0 Å². The summed E-state index contributed by atoms with van der Waals surface area (Å²) in [6.07, 6.45) is 0. The van der Waals surface area contributed by atoms with Crippen LogP contribution in [0.5, 0.6) is 0 Å². The van der Waals surface area contributed by atoms with E-state index in [0.29, 0.717) is 20.7 Å². The summed E-state index contributed by atoms with van der Waals surface area (Å²) in [6.45, 7) is 0. The van der Waals surface area contributed by atoms with Crippen molar-refractivity contribution in [3.05, 3.63) is 52.3 Å². The first-order valence-electron chi connectivity index (χ1n) is 6.36. The molecule has 0 bridgehead atoms. The Morgan fingerprint density at radius 3 is 2.76 bits per heavy atom. The molecule has 0 aliphatic rings. The maximum absolute atomic E-state index is 12.3. The molecule has 0 unspecified atom stereocenters. The number of anilines is 1. The highest BCUT2D eigenvalue weighted by molar-refractivity contribution is 7.23. The van der Waals surface area contributed by atoms with Gasteiger partial charge in [0.2, 0.25) is 0 Å². The van der Waals surface area contributed by atoms with Crippen LogP contribution >= 0.6 is 11.3 Å². The van der Waals surface area contributed by atoms with Crippen molar-refractivity contribution in [1.82, 2.24) is 4.98 Å². The molecule has 2 aromatic heterocycles. The number of H-pyrrole nitrogens is 1. The lowest BCUT2D eigenvalue weighted by Gasteiger charge is -2.05. The van der Waals surface area contributed by atoms with E-state index in [4.69, 9.17) is 5.73 Å². The molecule has 4 nitrogen and oxygen atoms in total. The fraction of sp³-hybridized carbons (Fsp3) is 0. The van der Waals surface area contributed by atoms with E-state index < -0.39 is 0 Å². The van der Waals surface area contributed by atoms with E-state index in [-0.39, 0.29) is 5.56 Å². The van der Waals surface area contributed by atoms with Crippen molar-refractivity contribution < 1.29 is 0 Å². The highest BCUT2D eigenvalue weighted by atomic mass is 32.1. The standard InChI is InChI=1S/C16H9N3OS/c17-7-11-12-10-6-5-8-3-1-2-4-9(8)13(10)19-16(20)14(12)21-15(11)18/h1-6H,18H2,(H,19,20). The molecular weight excluding hydrogens is 282 g/mol. The third-order valence-electron chi connectivity index (χ3n) is 3.69. The van der Waals surface area contributed by atoms with Crippen molar-refractivity contribution >= 4 is 48.1 Å². The largest absolute Gasteiger partial charge is 0.389 e. The number of thiophene rings is 1. The second-order valence-electron chi connectivity index (χ2n) is 4.82. The fourth-order valence-corrected chi connectivity index (χ4v) is 3.69. The minimum Gasteiger partial charge on any atom is -0.389 e. The van der Waals surface area contributed by atoms with Gasteiger partial charge in [0.25, 0.3) is 5.56 Å². The monoisotopic (exact) mass is 291 g/mol. The van der Waals surface area contributed by atoms with Crippen LogP contribution in [0.15, 0.2) is 41.2 Å². The Bertz CT molecular complexity index is 1130. The zero-order valence-electron chi connectivity index (χ0n) is 10.8. The number of aromatic amines is 1. The van der Waals surface area contributed by atoms with E-state index in [0.717, 1.165) is 33.0 Å². The summed E-state index contributed by atoms with van der Waals surface area (Å²) in [5.74, 6) is 0. The van der Waals surface area contributed by atoms with Crippen molar-refractivity contribution in [1.29, 1.82) is 5.26 Å². The summed E-state index contributed by atoms with van der Waals surface area (Å²) < 4.78 is 0.506. The quantitative estimate of drug-likeness (QED) is 0.487. The topological polar surface area (TPSA) is 82.7 Å². The van der Waals surface area contributed by atoms with Gasteiger partial charge < -0.3 is 10.7 Å². The molecule has 0 radical (unpaired) electrons. The minimum atomic E-state index is -0.202. The molecular formula is C16H9N3OS. The summed E-state index contributed by atoms with van der Waals surface area (Å²) in [4.78, 5) is 15.2. The predicted octanol–water partition coefficient (Wildman–Crippen LogP) is 3.35. The number of rotatable bonds is 0. The van der Waals surface area contributed by atoms with E-state index >= 15 is 0 Å². The molecule has 2 heterocycles. The van der Waals surface area contributed by atoms with Crippen LogP contribution in [0.1, 0.15) is 5.56 Å². The van der Waals surface area contributed by atoms with Gasteiger partial charge in [-0.15, -0.1) is 11.3 Å². The molecule has 0 aliphatic heterocycles. The lowest BCUT2D eigenvalue weighted by atomic mass is 10.0. The van der Waals surface area contributed by atoms with E-state index in [1.54, 1.807) is 0 Å². The second-order valence-corrected chi connectivity index (χ2v) is 5.87. The average Bonchev–Trinajstić information content (AvgIpc) is 2.84. The Morgan fingerprint density at radius 1 is 1.14 bits per heavy atom. The van der Waals surface area contributed by atoms with Gasteiger partial charge in [-0.05, 0) is 5.39 Å². The first-order valence-corrected chi connectivity index (χ1v) is 7.18. The Labute approximate surface area is 123 Å². The number of aromatic nitrogens is 1. The molecule has 0 amide bonds. The molecule has 0 saturated heterocycles. The molecule has 21 heavy (non-hydrogen) atoms. The maximum Gasteiger partial charge on any atom is 0.266 e. The first-order chi connectivity index (χ1) is 10.2. The van der Waals surface area contributed by atoms with Crippen LogP contribution in [0, 0.1) is 11.3 Å². The van der Waals surface area contributed by atoms with Gasteiger partial charge in [-0.25, -0.2) is 0 Å². The number of nitrogens with one attached hydrogen (secondary N) is 1. The lowest BCUT2D eigenvalue weighted by molar-refractivity contribution is 1.36. The van der Waals surface area contributed by atoms with Crippen LogP contribution < -0.4 is 11.3 Å². The summed E-state index contributed by atoms with van der Waals surface area (Å²) in [6, 6.07) is 13.9. The highest BCUT2D eigenvalue weighted by Gasteiger charge is 2.16. The Balaban J connectivity index is 2.39. The zero-order chi connectivity index (χ0) is 14.6. The van der Waals surface area contributed by atoms with Crippen molar-refractivity contribution in [3.8, 4) is 6.07 Å². The van der Waals surface area contributed by atoms with Gasteiger partial charge in [0.05, 0.1) is 11.1 Å². The van der Waals surface area contributed by atoms with Crippen molar-refractivity contribution in [2.45, 2.75) is 0 Å². The number of hydrogen-bond acceptors (Lipinski definition) is 4. The third-order valence-corrected chi connectivity index (χ3v) is 4.71. The van der Waals surface area contributed by atoms with Crippen molar-refractivity contribution in [2.75, 3.05) is 5.73 Å². The van der Waals surface area contributed by atoms with Crippen LogP contribution in [0.2, 0.25) is 0 Å². The van der Waals surface area contributed by atoms with Gasteiger partial charge in [-0.1, -0.05) is 36.4 Å². The number of pyridine rings is 1. The molecule has 3 N–H and O–H groups in total. The van der Waals surface area contributed by atoms with Gasteiger partial charge in [0, 0.05) is 16.2 Å². The molecule has 0 aliphatic carbocycles. The van der Waals surface area contributed by atoms with Crippen LogP contribution in [0.4, 0.5) is 5.00 Å². The van der Waals surface area contributed by atoms with Gasteiger partial charge in [-0.2, -0.15) is 5.26 Å². The van der Waals surface area contributed by atoms with Gasteiger partial charge in [0.1, 0.15) is 15.8 Å². The maximum atomic E-state index is 12.3. The SMILES string of the molecule is N#Cc1c(N)sc2c(=O)[nH]c3c4ccccc4ccc3c12. The molecule has 2 aromatic carbocycles. The Kier molecular flexibility index (Phi) is 2.32. The molecule has 0 fully saturated rings. The smallest absolute Gasteiger partial charge is 0.266 e. The molecule has 4 rings (SSSR count). The summed E-state index contributed by atoms with van der Waals surface area (Å²) in [7, 11) is 0. The van der Waals surface area contributed by atoms with E-state index in [1.807, 2.05) is 36.4 Å². The number of nitriles is 1. The fourth-order valence-electron chi connectivity index (χ4n) is 2.76. The number of nitrogens with zero attached hydrogens (tertiary/aromatic N) is 1. The van der Waals surface area contributed by atoms with Crippen molar-refractivity contribution in [2.24, 2.45) is 0 Å². The summed E-state index contributed by atoms with van der Waals surface area (Å²) in [5, 5.41) is 13.2. The van der Waals surface area contributed by atoms with E-state index in [2.05, 4.69) is 11.1 Å². The van der Waals surface area contributed by atoms with Gasteiger partial charge in [0.15, 0.2) is 0 Å². The molecule has 0 saturated carbocycles. The van der Waals surface area contributed by atoms with Crippen LogP contribution in [-0.4, -0.2) is 4.98 Å². The first kappa shape index (κ1) is 11.9. The normalized spacial score (nSPS) is 11.2. The molecule has 0 spiro atoms. The van der Waals surface area contributed by atoms with Crippen LogP contribution in [-0.2, 0) is 0 Å². The number of nitrogens with two attached hydrogens (primary N) is 1. The van der Waals surface area contributed by atoms with Crippen LogP contribution in [0.25, 0.3) is 31.8 Å². The van der Waals surface area contributed by atoms with E-state index in [1.165, 1.54) is 0 Å². The lowest BCUT2D eigenvalue weighted by Crippen LogP contribution is -2.04. The average molecular weight is 291 g/mol. The molecule has 4 aromatic rings. The molecule has 0 atom stereocenters. The highest BCUT2D eigenvalue weighted by Crippen LogP contribution is 2.36. The Hall–Kier alpha value is -2.84. The number of fused-ring (bicyclic) bond motifs is 5. The molecule has 5 heteroatoms. The number of hydrogen-bond donors (Lipinski definition) is 2. The second kappa shape index (κ2) is 4.08. The van der Waals surface area contributed by atoms with E-state index in [9.17, 15) is 10.1 Å². The van der Waals surface area contributed by atoms with Gasteiger partial charge in [-0.3, -0.25) is 4.79 Å². The third kappa shape index (κ3) is 1.51.